The fraction of sp³-hybridized carbons (Fsp3) is 0.261. The number of rotatable bonds is 3. The Morgan fingerprint density at radius 3 is 2.80 bits per heavy atom. The van der Waals surface area contributed by atoms with Crippen LogP contribution >= 0.6 is 0 Å². The molecule has 0 radical (unpaired) electrons. The molecule has 2 aromatic rings. The highest BCUT2D eigenvalue weighted by Gasteiger charge is 2.16. The Balaban J connectivity index is 1.41. The van der Waals surface area contributed by atoms with Gasteiger partial charge >= 0.3 is 0 Å². The predicted octanol–water partition coefficient (Wildman–Crippen LogP) is 2.60. The van der Waals surface area contributed by atoms with Gasteiger partial charge in [0.05, 0.1) is 23.6 Å². The maximum absolute atomic E-state index is 12.7. The van der Waals surface area contributed by atoms with Gasteiger partial charge in [0.1, 0.15) is 11.5 Å². The molecule has 1 amide bonds. The third-order valence-corrected chi connectivity index (χ3v) is 5.04. The Morgan fingerprint density at radius 1 is 1.13 bits per heavy atom. The van der Waals surface area contributed by atoms with Crippen molar-refractivity contribution in [2.45, 2.75) is 6.42 Å². The number of carbonyl (C=O) groups is 1. The summed E-state index contributed by atoms with van der Waals surface area (Å²) in [4.78, 5) is 21.8. The van der Waals surface area contributed by atoms with Crippen molar-refractivity contribution in [2.75, 3.05) is 43.4 Å². The number of hydrogen-bond acceptors (Lipinski definition) is 5. The van der Waals surface area contributed by atoms with Crippen molar-refractivity contribution < 1.29 is 4.79 Å². The summed E-state index contributed by atoms with van der Waals surface area (Å²) in [6, 6.07) is 3.81. The van der Waals surface area contributed by atoms with Gasteiger partial charge in [-0.05, 0) is 31.7 Å². The van der Waals surface area contributed by atoms with Crippen LogP contribution in [0.1, 0.15) is 22.5 Å². The van der Waals surface area contributed by atoms with E-state index in [1.807, 2.05) is 36.4 Å². The molecule has 2 aliphatic rings. The van der Waals surface area contributed by atoms with E-state index in [4.69, 9.17) is 0 Å². The topological polar surface area (TPSA) is 77.1 Å². The van der Waals surface area contributed by atoms with Crippen molar-refractivity contribution >= 4 is 17.4 Å². The summed E-state index contributed by atoms with van der Waals surface area (Å²) in [5, 5.41) is 9.59. The van der Waals surface area contributed by atoms with Crippen LogP contribution in [0, 0.1) is 11.8 Å². The first-order valence-corrected chi connectivity index (χ1v) is 9.99. The Kier molecular flexibility index (Phi) is 6.06. The van der Waals surface area contributed by atoms with Crippen LogP contribution in [0.15, 0.2) is 60.5 Å². The molecule has 1 aliphatic heterocycles. The second kappa shape index (κ2) is 9.25. The second-order valence-corrected chi connectivity index (χ2v) is 7.24. The van der Waals surface area contributed by atoms with Gasteiger partial charge in [-0.15, -0.1) is 0 Å². The zero-order valence-electron chi connectivity index (χ0n) is 16.9. The van der Waals surface area contributed by atoms with Crippen LogP contribution in [0.3, 0.4) is 0 Å². The Hall–Kier alpha value is -3.63. The molecular formula is C23H24N6O. The van der Waals surface area contributed by atoms with Gasteiger partial charge in [-0.2, -0.15) is 5.10 Å². The lowest BCUT2D eigenvalue weighted by Gasteiger charge is -2.33. The molecule has 1 fully saturated rings. The number of aromatic nitrogens is 3. The maximum atomic E-state index is 12.7. The first-order valence-electron chi connectivity index (χ1n) is 9.99. The molecule has 7 heteroatoms. The number of nitrogens with one attached hydrogen (secondary N) is 2. The first kappa shape index (κ1) is 19.7. The molecule has 4 rings (SSSR count). The van der Waals surface area contributed by atoms with E-state index in [0.717, 1.165) is 44.0 Å². The number of likely N-dealkylation sites (N-methyl/N-ethyl adjacent to an activating group) is 1. The van der Waals surface area contributed by atoms with Crippen LogP contribution in [-0.2, 0) is 0 Å². The van der Waals surface area contributed by atoms with Gasteiger partial charge in [-0.1, -0.05) is 36.1 Å². The van der Waals surface area contributed by atoms with Gasteiger partial charge < -0.3 is 15.1 Å². The van der Waals surface area contributed by atoms with Crippen molar-refractivity contribution in [2.24, 2.45) is 0 Å². The number of piperazine rings is 1. The number of nitrogens with zero attached hydrogens (tertiary/aromatic N) is 4. The van der Waals surface area contributed by atoms with Crippen LogP contribution in [0.25, 0.3) is 0 Å². The molecule has 1 saturated heterocycles. The molecule has 152 valence electrons. The number of anilines is 2. The molecule has 0 spiro atoms. The monoisotopic (exact) mass is 400 g/mol. The fourth-order valence-electron chi connectivity index (χ4n) is 3.24. The third-order valence-electron chi connectivity index (χ3n) is 5.04. The van der Waals surface area contributed by atoms with E-state index >= 15 is 0 Å². The van der Waals surface area contributed by atoms with E-state index in [0.29, 0.717) is 16.9 Å². The Labute approximate surface area is 176 Å². The molecular weight excluding hydrogens is 376 g/mol. The average molecular weight is 400 g/mol. The number of H-pyrrole nitrogens is 1. The molecule has 0 unspecified atom stereocenters. The second-order valence-electron chi connectivity index (χ2n) is 7.24. The van der Waals surface area contributed by atoms with Gasteiger partial charge in [0.15, 0.2) is 0 Å². The van der Waals surface area contributed by atoms with E-state index in [1.54, 1.807) is 12.4 Å². The number of pyridine rings is 1. The van der Waals surface area contributed by atoms with E-state index in [2.05, 4.69) is 55.3 Å². The average Bonchev–Trinajstić information content (AvgIpc) is 3.08. The molecule has 0 saturated carbocycles. The molecule has 0 atom stereocenters. The predicted molar refractivity (Wildman–Crippen MR) is 118 cm³/mol. The number of aromatic amines is 1. The molecule has 2 aromatic heterocycles. The number of amides is 1. The van der Waals surface area contributed by atoms with Crippen molar-refractivity contribution in [3.63, 3.8) is 0 Å². The minimum atomic E-state index is -0.294. The summed E-state index contributed by atoms with van der Waals surface area (Å²) in [5.74, 6) is 6.76. The third kappa shape index (κ3) is 4.85. The van der Waals surface area contributed by atoms with E-state index in [1.165, 1.54) is 0 Å². The van der Waals surface area contributed by atoms with Gasteiger partial charge in [0, 0.05) is 31.8 Å². The summed E-state index contributed by atoms with van der Waals surface area (Å²) in [6.45, 7) is 3.94. The lowest BCUT2D eigenvalue weighted by atomic mass is 10.2. The van der Waals surface area contributed by atoms with Gasteiger partial charge in [-0.3, -0.25) is 9.89 Å². The van der Waals surface area contributed by atoms with E-state index in [-0.39, 0.29) is 5.91 Å². The fourth-order valence-corrected chi connectivity index (χ4v) is 3.24. The van der Waals surface area contributed by atoms with Crippen molar-refractivity contribution in [3.8, 4) is 11.8 Å². The summed E-state index contributed by atoms with van der Waals surface area (Å²) in [5.41, 5.74) is 2.44. The number of carbonyl (C=O) groups excluding carboxylic acids is 1. The Morgan fingerprint density at radius 2 is 2.00 bits per heavy atom. The summed E-state index contributed by atoms with van der Waals surface area (Å²) >= 11 is 0. The molecule has 7 nitrogen and oxygen atoms in total. The van der Waals surface area contributed by atoms with E-state index in [9.17, 15) is 4.79 Å². The molecule has 0 aromatic carbocycles. The van der Waals surface area contributed by atoms with Crippen molar-refractivity contribution in [1.29, 1.82) is 0 Å². The minimum Gasteiger partial charge on any atom is -0.354 e. The van der Waals surface area contributed by atoms with Crippen LogP contribution < -0.4 is 10.2 Å². The number of hydrogen-bond donors (Lipinski definition) is 2. The van der Waals surface area contributed by atoms with E-state index < -0.39 is 0 Å². The zero-order chi connectivity index (χ0) is 20.8. The number of allylic oxidation sites excluding steroid dienone is 6. The molecule has 1 aliphatic carbocycles. The van der Waals surface area contributed by atoms with Crippen LogP contribution in [0.4, 0.5) is 11.5 Å². The van der Waals surface area contributed by atoms with Gasteiger partial charge in [-0.25, -0.2) is 4.98 Å². The quantitative estimate of drug-likeness (QED) is 0.775. The maximum Gasteiger partial charge on any atom is 0.275 e. The summed E-state index contributed by atoms with van der Waals surface area (Å²) in [7, 11) is 2.12. The highest BCUT2D eigenvalue weighted by molar-refractivity contribution is 6.04. The standard InChI is InChI=1S/C23H24N6O/c1-28-12-14-29(15-13-28)21-11-10-20(17-24-21)26-23(30)22-19(16-25-27-22)9-8-18-6-4-2-3-5-7-18/h2-4,6-7,10-11,16-17H,5,12-15H2,1H3,(H,25,27)(H,26,30). The normalized spacial score (nSPS) is 16.4. The molecule has 3 heterocycles. The molecule has 2 N–H and O–H groups in total. The molecule has 0 bridgehead atoms. The van der Waals surface area contributed by atoms with Crippen LogP contribution in [0.5, 0.6) is 0 Å². The lowest BCUT2D eigenvalue weighted by Crippen LogP contribution is -2.44. The largest absolute Gasteiger partial charge is 0.354 e. The van der Waals surface area contributed by atoms with Crippen molar-refractivity contribution in [3.05, 3.63) is 71.7 Å². The van der Waals surface area contributed by atoms with Gasteiger partial charge in [0.25, 0.3) is 5.91 Å². The minimum absolute atomic E-state index is 0.294. The summed E-state index contributed by atoms with van der Waals surface area (Å²) < 4.78 is 0. The highest BCUT2D eigenvalue weighted by Crippen LogP contribution is 2.17. The van der Waals surface area contributed by atoms with Crippen LogP contribution in [0.2, 0.25) is 0 Å². The smallest absolute Gasteiger partial charge is 0.275 e. The van der Waals surface area contributed by atoms with Crippen LogP contribution in [-0.4, -0.2) is 59.2 Å². The van der Waals surface area contributed by atoms with Crippen molar-refractivity contribution in [1.82, 2.24) is 20.1 Å². The molecule has 30 heavy (non-hydrogen) atoms. The summed E-state index contributed by atoms with van der Waals surface area (Å²) in [6.07, 6.45) is 14.1. The first-order chi connectivity index (χ1) is 14.7. The van der Waals surface area contributed by atoms with Gasteiger partial charge in [0.2, 0.25) is 0 Å². The lowest BCUT2D eigenvalue weighted by molar-refractivity contribution is 0.102. The zero-order valence-corrected chi connectivity index (χ0v) is 16.9. The SMILES string of the molecule is CN1CCN(c2ccc(NC(=O)c3[nH]ncc3C#CC3=CCC=CC=C3)cn2)CC1. The Bertz CT molecular complexity index is 1040. The highest BCUT2D eigenvalue weighted by atomic mass is 16.1.